The molecule has 0 aliphatic carbocycles. The number of carbonyl (C=O) groups is 3. The lowest BCUT2D eigenvalue weighted by molar-refractivity contribution is -0.146. The third-order valence-corrected chi connectivity index (χ3v) is 7.01. The van der Waals surface area contributed by atoms with E-state index in [1.165, 1.54) is 7.11 Å². The Morgan fingerprint density at radius 1 is 1.00 bits per heavy atom. The molecule has 8 heteroatoms. The molecule has 1 spiro atoms. The molecule has 0 saturated carbocycles. The molecule has 2 aliphatic rings. The van der Waals surface area contributed by atoms with Gasteiger partial charge in [0.15, 0.2) is 0 Å². The lowest BCUT2D eigenvalue weighted by Gasteiger charge is -2.42. The van der Waals surface area contributed by atoms with E-state index in [1.54, 1.807) is 4.90 Å². The maximum atomic E-state index is 13.5. The molecule has 0 unspecified atom stereocenters. The highest BCUT2D eigenvalue weighted by Crippen LogP contribution is 2.37. The van der Waals surface area contributed by atoms with Crippen molar-refractivity contribution in [2.24, 2.45) is 0 Å². The van der Waals surface area contributed by atoms with E-state index < -0.39 is 17.5 Å². The molecule has 2 fully saturated rings. The second kappa shape index (κ2) is 11.1. The maximum absolute atomic E-state index is 13.5. The van der Waals surface area contributed by atoms with Crippen LogP contribution in [-0.2, 0) is 20.7 Å². The number of benzene rings is 2. The summed E-state index contributed by atoms with van der Waals surface area (Å²) in [5.41, 5.74) is 1.17. The Kier molecular flexibility index (Phi) is 7.88. The second-order valence-electron chi connectivity index (χ2n) is 8.95. The summed E-state index contributed by atoms with van der Waals surface area (Å²) in [7, 11) is 1.25. The van der Waals surface area contributed by atoms with Crippen molar-refractivity contribution in [3.63, 3.8) is 0 Å². The van der Waals surface area contributed by atoms with Crippen LogP contribution >= 0.6 is 11.6 Å². The fraction of sp³-hybridized carbons (Fsp3) is 0.370. The fourth-order valence-electron chi connectivity index (χ4n) is 4.86. The van der Waals surface area contributed by atoms with E-state index >= 15 is 0 Å². The number of likely N-dealkylation sites (tertiary alicyclic amines) is 1. The van der Waals surface area contributed by atoms with Crippen LogP contribution in [0.2, 0.25) is 0 Å². The minimum absolute atomic E-state index is 0.313. The first-order valence-electron chi connectivity index (χ1n) is 11.8. The van der Waals surface area contributed by atoms with Gasteiger partial charge in [0, 0.05) is 31.2 Å². The minimum Gasteiger partial charge on any atom is -0.468 e. The number of rotatable bonds is 8. The Hall–Kier alpha value is -3.16. The van der Waals surface area contributed by atoms with Gasteiger partial charge in [-0.05, 0) is 36.5 Å². The molecule has 0 radical (unpaired) electrons. The standard InChI is InChI=1S/C27H30ClN3O4/c1-35-24(32)20-30-25(33)27(31(26(30)34)15-12-21-8-4-2-5-9-21)13-16-29(17-14-27)19-23(28)18-22-10-6-3-7-11-22/h2-11,18H,12-17,19-20H2,1H3/b23-18-. The highest BCUT2D eigenvalue weighted by Gasteiger charge is 2.58. The summed E-state index contributed by atoms with van der Waals surface area (Å²) < 4.78 is 4.73. The SMILES string of the molecule is COC(=O)CN1C(=O)N(CCc2ccccc2)C2(CCN(C/C(Cl)=C/c3ccccc3)CC2)C1=O. The lowest BCUT2D eigenvalue weighted by atomic mass is 9.85. The van der Waals surface area contributed by atoms with Gasteiger partial charge in [-0.3, -0.25) is 19.4 Å². The van der Waals surface area contributed by atoms with E-state index in [9.17, 15) is 14.4 Å². The van der Waals surface area contributed by atoms with Crippen LogP contribution < -0.4 is 0 Å². The van der Waals surface area contributed by atoms with E-state index in [1.807, 2.05) is 66.7 Å². The predicted octanol–water partition coefficient (Wildman–Crippen LogP) is 3.78. The van der Waals surface area contributed by atoms with Gasteiger partial charge in [0.05, 0.1) is 7.11 Å². The Bertz CT molecular complexity index is 1080. The van der Waals surface area contributed by atoms with Crippen molar-refractivity contribution >= 4 is 35.6 Å². The first-order chi connectivity index (χ1) is 16.9. The smallest absolute Gasteiger partial charge is 0.328 e. The van der Waals surface area contributed by atoms with Gasteiger partial charge in [-0.25, -0.2) is 4.79 Å². The second-order valence-corrected chi connectivity index (χ2v) is 9.43. The molecule has 0 bridgehead atoms. The Morgan fingerprint density at radius 3 is 2.26 bits per heavy atom. The first-order valence-corrected chi connectivity index (χ1v) is 12.2. The summed E-state index contributed by atoms with van der Waals surface area (Å²) in [5, 5.41) is 0.717. The van der Waals surface area contributed by atoms with Gasteiger partial charge in [-0.15, -0.1) is 0 Å². The van der Waals surface area contributed by atoms with Crippen molar-refractivity contribution in [1.82, 2.24) is 14.7 Å². The zero-order chi connectivity index (χ0) is 24.8. The number of halogens is 1. The number of carbonyl (C=O) groups excluding carboxylic acids is 3. The van der Waals surface area contributed by atoms with Crippen LogP contribution in [0.25, 0.3) is 6.08 Å². The van der Waals surface area contributed by atoms with Gasteiger partial charge in [0.2, 0.25) is 0 Å². The van der Waals surface area contributed by atoms with Crippen LogP contribution in [0.5, 0.6) is 0 Å². The molecule has 2 saturated heterocycles. The predicted molar refractivity (Wildman–Crippen MR) is 135 cm³/mol. The van der Waals surface area contributed by atoms with Crippen LogP contribution in [0, 0.1) is 0 Å². The van der Waals surface area contributed by atoms with Gasteiger partial charge < -0.3 is 9.64 Å². The van der Waals surface area contributed by atoms with Crippen LogP contribution in [0.15, 0.2) is 65.7 Å². The summed E-state index contributed by atoms with van der Waals surface area (Å²) >= 11 is 6.52. The van der Waals surface area contributed by atoms with Crippen molar-refractivity contribution in [3.05, 3.63) is 76.8 Å². The minimum atomic E-state index is -0.952. The highest BCUT2D eigenvalue weighted by atomic mass is 35.5. The molecule has 2 heterocycles. The van der Waals surface area contributed by atoms with Crippen LogP contribution in [0.1, 0.15) is 24.0 Å². The number of ether oxygens (including phenoxy) is 1. The van der Waals surface area contributed by atoms with E-state index in [-0.39, 0.29) is 12.5 Å². The van der Waals surface area contributed by atoms with E-state index in [2.05, 4.69) is 4.90 Å². The average molecular weight is 496 g/mol. The molecule has 3 amide bonds. The zero-order valence-electron chi connectivity index (χ0n) is 19.9. The van der Waals surface area contributed by atoms with Crippen molar-refractivity contribution in [2.45, 2.75) is 24.8 Å². The molecule has 0 aromatic heterocycles. The first kappa shape index (κ1) is 24.9. The molecule has 0 atom stereocenters. The lowest BCUT2D eigenvalue weighted by Crippen LogP contribution is -2.57. The van der Waals surface area contributed by atoms with Crippen molar-refractivity contribution in [2.75, 3.05) is 39.8 Å². The van der Waals surface area contributed by atoms with Crippen molar-refractivity contribution in [1.29, 1.82) is 0 Å². The van der Waals surface area contributed by atoms with Gasteiger partial charge in [0.1, 0.15) is 12.1 Å². The third kappa shape index (κ3) is 5.57. The van der Waals surface area contributed by atoms with Crippen LogP contribution in [0.3, 0.4) is 0 Å². The summed E-state index contributed by atoms with van der Waals surface area (Å²) in [6.07, 6.45) is 3.54. The molecular weight excluding hydrogens is 466 g/mol. The molecule has 4 rings (SSSR count). The van der Waals surface area contributed by atoms with Crippen LogP contribution in [0.4, 0.5) is 4.79 Å². The average Bonchev–Trinajstić information content (AvgIpc) is 3.06. The van der Waals surface area contributed by atoms with Gasteiger partial charge >= 0.3 is 12.0 Å². The Balaban J connectivity index is 1.48. The largest absolute Gasteiger partial charge is 0.468 e. The number of piperidine rings is 1. The Labute approximate surface area is 210 Å². The summed E-state index contributed by atoms with van der Waals surface area (Å²) in [6, 6.07) is 19.3. The third-order valence-electron chi connectivity index (χ3n) is 6.78. The molecule has 0 N–H and O–H groups in total. The van der Waals surface area contributed by atoms with E-state index in [4.69, 9.17) is 16.3 Å². The number of hydrogen-bond acceptors (Lipinski definition) is 5. The van der Waals surface area contributed by atoms with Gasteiger partial charge in [-0.2, -0.15) is 0 Å². The molecule has 35 heavy (non-hydrogen) atoms. The molecule has 184 valence electrons. The highest BCUT2D eigenvalue weighted by molar-refractivity contribution is 6.31. The molecular formula is C27H30ClN3O4. The van der Waals surface area contributed by atoms with E-state index in [0.717, 1.165) is 16.0 Å². The fourth-order valence-corrected chi connectivity index (χ4v) is 5.16. The van der Waals surface area contributed by atoms with Crippen molar-refractivity contribution in [3.8, 4) is 0 Å². The monoisotopic (exact) mass is 495 g/mol. The Morgan fingerprint density at radius 2 is 1.63 bits per heavy atom. The van der Waals surface area contributed by atoms with Gasteiger partial charge in [-0.1, -0.05) is 72.3 Å². The molecule has 7 nitrogen and oxygen atoms in total. The number of nitrogens with zero attached hydrogens (tertiary/aromatic N) is 3. The van der Waals surface area contributed by atoms with Crippen LogP contribution in [-0.4, -0.2) is 78.0 Å². The van der Waals surface area contributed by atoms with E-state index in [0.29, 0.717) is 50.5 Å². The number of imide groups is 1. The molecule has 2 aliphatic heterocycles. The number of methoxy groups -OCH3 is 1. The van der Waals surface area contributed by atoms with Gasteiger partial charge in [0.25, 0.3) is 5.91 Å². The van der Waals surface area contributed by atoms with Crippen molar-refractivity contribution < 1.29 is 19.1 Å². The topological polar surface area (TPSA) is 70.2 Å². The summed E-state index contributed by atoms with van der Waals surface area (Å²) in [6.45, 7) is 1.84. The number of amides is 3. The zero-order valence-corrected chi connectivity index (χ0v) is 20.6. The molecule has 2 aromatic carbocycles. The molecule has 2 aromatic rings. The summed E-state index contributed by atoms with van der Waals surface area (Å²) in [5.74, 6) is -0.923. The maximum Gasteiger partial charge on any atom is 0.328 e. The summed E-state index contributed by atoms with van der Waals surface area (Å²) in [4.78, 5) is 43.7. The normalized spacial score (nSPS) is 18.4. The quantitative estimate of drug-likeness (QED) is 0.412. The number of hydrogen-bond donors (Lipinski definition) is 0. The number of esters is 1. The number of urea groups is 1.